The molecule has 0 bridgehead atoms. The van der Waals surface area contributed by atoms with Gasteiger partial charge in [0, 0.05) is 49.2 Å². The van der Waals surface area contributed by atoms with Gasteiger partial charge >= 0.3 is 30.0 Å². The molecule has 71 heavy (non-hydrogen) atoms. The van der Waals surface area contributed by atoms with Gasteiger partial charge in [0.25, 0.3) is 5.56 Å². The Balaban J connectivity index is 0.000000267. The first kappa shape index (κ1) is 57.0. The molecule has 3 atom stereocenters. The molecule has 26 heteroatoms. The minimum atomic E-state index is -4.84. The lowest BCUT2D eigenvalue weighted by atomic mass is 10.0. The summed E-state index contributed by atoms with van der Waals surface area (Å²) in [6.07, 6.45) is -6.05. The van der Waals surface area contributed by atoms with Gasteiger partial charge in [-0.2, -0.15) is 26.3 Å². The standard InChI is InChI=1S/C25H25F3N2O6.C15H12F3NO4S.C5H12NO4P/c1-5-16-6-7-17(20(12-16)36-15(2)23(32)34-4)14-35-19-10-8-18(9-11-19)30-22(31)13-21(25(26,27)28)29(3)24(30)33;1-24(21,22)12-6-9(15(16,17)18)4-5-10(12)13(20)11-7-19-23-14(11)8-2-3-8;1-11(9,10)3-2-4(6)5(7)8/h6-13,15H,5,14H2,1-4H3;4-8H,2-3H2,1H3;4H,2-3,6H2,1H3,(H,7,8)(H,9,10). The van der Waals surface area contributed by atoms with Crippen LogP contribution in [0.5, 0.6) is 11.5 Å². The van der Waals surface area contributed by atoms with Gasteiger partial charge in [0.15, 0.2) is 34.9 Å². The number of rotatable bonds is 16. The molecule has 18 nitrogen and oxygen atoms in total. The van der Waals surface area contributed by atoms with Gasteiger partial charge in [-0.1, -0.05) is 24.2 Å². The predicted molar refractivity (Wildman–Crippen MR) is 242 cm³/mol. The molecule has 1 aliphatic rings. The number of ether oxygens (including phenoxy) is 3. The summed E-state index contributed by atoms with van der Waals surface area (Å²) in [5.74, 6) is -1.15. The zero-order valence-corrected chi connectivity index (χ0v) is 40.4. The van der Waals surface area contributed by atoms with Crippen LogP contribution < -0.4 is 26.5 Å². The quantitative estimate of drug-likeness (QED) is 0.0410. The molecule has 3 aromatic carbocycles. The van der Waals surface area contributed by atoms with Crippen LogP contribution in [0, 0.1) is 0 Å². The van der Waals surface area contributed by atoms with Crippen molar-refractivity contribution in [3.8, 4) is 17.2 Å². The Morgan fingerprint density at radius 2 is 1.61 bits per heavy atom. The number of ketones is 1. The van der Waals surface area contributed by atoms with E-state index in [4.69, 9.17) is 34.5 Å². The highest BCUT2D eigenvalue weighted by molar-refractivity contribution is 7.90. The van der Waals surface area contributed by atoms with Crippen molar-refractivity contribution >= 4 is 34.9 Å². The maximum absolute atomic E-state index is 13.1. The Hall–Kier alpha value is -6.56. The maximum Gasteiger partial charge on any atom is 0.431 e. The van der Waals surface area contributed by atoms with Gasteiger partial charge < -0.3 is 34.5 Å². The number of hydrogen-bond donors (Lipinski definition) is 3. The smallest absolute Gasteiger partial charge is 0.431 e. The summed E-state index contributed by atoms with van der Waals surface area (Å²) in [5.41, 5.74) is 1.92. The molecule has 1 aliphatic carbocycles. The number of halogens is 6. The van der Waals surface area contributed by atoms with E-state index < -0.39 is 86.8 Å². The second-order valence-electron chi connectivity index (χ2n) is 16.1. The van der Waals surface area contributed by atoms with Crippen molar-refractivity contribution in [3.63, 3.8) is 0 Å². The molecule has 0 amide bonds. The van der Waals surface area contributed by atoms with Gasteiger partial charge in [0.1, 0.15) is 29.8 Å². The van der Waals surface area contributed by atoms with Crippen LogP contribution in [0.25, 0.3) is 5.69 Å². The molecule has 0 saturated heterocycles. The second kappa shape index (κ2) is 23.1. The molecule has 6 rings (SSSR count). The molecule has 386 valence electrons. The average molecular weight is 1050 g/mol. The van der Waals surface area contributed by atoms with Crippen molar-refractivity contribution < 1.29 is 82.4 Å². The third-order valence-electron chi connectivity index (χ3n) is 10.4. The van der Waals surface area contributed by atoms with Gasteiger partial charge in [0.2, 0.25) is 0 Å². The topological polar surface area (TPSA) is 267 Å². The Morgan fingerprint density at radius 1 is 0.972 bits per heavy atom. The largest absolute Gasteiger partial charge is 0.489 e. The zero-order chi connectivity index (χ0) is 53.4. The lowest BCUT2D eigenvalue weighted by Gasteiger charge is -2.17. The second-order valence-corrected chi connectivity index (χ2v) is 20.6. The van der Waals surface area contributed by atoms with Crippen LogP contribution in [0.4, 0.5) is 26.3 Å². The summed E-state index contributed by atoms with van der Waals surface area (Å²) in [5, 5.41) is 11.8. The van der Waals surface area contributed by atoms with E-state index in [1.807, 2.05) is 25.1 Å². The molecule has 2 aromatic heterocycles. The molecule has 0 aliphatic heterocycles. The summed E-state index contributed by atoms with van der Waals surface area (Å²) in [6, 6.07) is 12.7. The summed E-state index contributed by atoms with van der Waals surface area (Å²) in [6.45, 7) is 4.81. The number of carboxylic acids is 1. The lowest BCUT2D eigenvalue weighted by molar-refractivity contribution is -0.148. The van der Waals surface area contributed by atoms with Crippen LogP contribution in [0.1, 0.15) is 83.1 Å². The van der Waals surface area contributed by atoms with Crippen LogP contribution in [-0.2, 0) is 61.2 Å². The first-order valence-electron chi connectivity index (χ1n) is 21.1. The first-order valence-corrected chi connectivity index (χ1v) is 25.2. The van der Waals surface area contributed by atoms with Crippen molar-refractivity contribution in [3.05, 3.63) is 133 Å². The molecular weight excluding hydrogens is 998 g/mol. The highest BCUT2D eigenvalue weighted by Crippen LogP contribution is 2.42. The molecule has 4 N–H and O–H groups in total. The number of alkyl halides is 6. The lowest BCUT2D eigenvalue weighted by Crippen LogP contribution is -2.40. The van der Waals surface area contributed by atoms with E-state index in [1.54, 1.807) is 6.92 Å². The molecule has 3 unspecified atom stereocenters. The SMILES string of the molecule is CCc1ccc(COc2ccc(-n3c(=O)cc(C(F)(F)F)n(C)c3=O)cc2)c(OC(C)C(=O)OC)c1.CP(=O)(O)CCC(N)C(=O)O.CS(=O)(=O)c1cc(C(F)(F)F)ccc1C(=O)c1cnoc1C1CC1. The molecule has 0 radical (unpaired) electrons. The molecule has 2 heterocycles. The number of carboxylic acid groups (broad SMARTS) is 1. The van der Waals surface area contributed by atoms with E-state index in [9.17, 15) is 63.3 Å². The number of aliphatic carboxylic acids is 1. The average Bonchev–Trinajstić information content (AvgIpc) is 4.02. The minimum Gasteiger partial charge on any atom is -0.489 e. The molecule has 0 spiro atoms. The monoisotopic (exact) mass is 1050 g/mol. The summed E-state index contributed by atoms with van der Waals surface area (Å²) in [4.78, 5) is 67.3. The molecule has 5 aromatic rings. The maximum atomic E-state index is 13.1. The Bertz CT molecular complexity index is 3020. The summed E-state index contributed by atoms with van der Waals surface area (Å²) in [7, 11) is -4.93. The van der Waals surface area contributed by atoms with Gasteiger partial charge in [0.05, 0.1) is 35.0 Å². The Labute approximate surface area is 401 Å². The van der Waals surface area contributed by atoms with E-state index in [0.717, 1.165) is 44.2 Å². The summed E-state index contributed by atoms with van der Waals surface area (Å²) < 4.78 is 134. The Morgan fingerprint density at radius 3 is 2.13 bits per heavy atom. The molecule has 1 fully saturated rings. The number of benzene rings is 3. The van der Waals surface area contributed by atoms with Crippen LogP contribution in [0.2, 0.25) is 0 Å². The first-order chi connectivity index (χ1) is 32.9. The fourth-order valence-corrected chi connectivity index (χ4v) is 8.00. The third kappa shape index (κ3) is 15.7. The predicted octanol–water partition coefficient (Wildman–Crippen LogP) is 6.53. The van der Waals surface area contributed by atoms with E-state index in [0.29, 0.717) is 50.2 Å². The fraction of sp³-hybridized carbons (Fsp3) is 0.378. The van der Waals surface area contributed by atoms with Crippen molar-refractivity contribution in [2.75, 3.05) is 26.2 Å². The zero-order valence-electron chi connectivity index (χ0n) is 38.7. The number of sulfone groups is 1. The third-order valence-corrected chi connectivity index (χ3v) is 12.6. The van der Waals surface area contributed by atoms with Gasteiger partial charge in [-0.15, -0.1) is 0 Å². The van der Waals surface area contributed by atoms with Crippen molar-refractivity contribution in [1.82, 2.24) is 14.3 Å². The van der Waals surface area contributed by atoms with Crippen LogP contribution in [0.15, 0.2) is 91.9 Å². The van der Waals surface area contributed by atoms with E-state index in [1.165, 1.54) is 44.2 Å². The number of nitrogens with two attached hydrogens (primary N) is 1. The number of carbonyl (C=O) groups excluding carboxylic acids is 2. The fourth-order valence-electron chi connectivity index (χ4n) is 6.34. The highest BCUT2D eigenvalue weighted by Gasteiger charge is 2.37. The van der Waals surface area contributed by atoms with Crippen molar-refractivity contribution in [1.29, 1.82) is 0 Å². The van der Waals surface area contributed by atoms with E-state index in [2.05, 4.69) is 5.16 Å². The van der Waals surface area contributed by atoms with Crippen LogP contribution in [0.3, 0.4) is 0 Å². The van der Waals surface area contributed by atoms with Gasteiger partial charge in [-0.3, -0.25) is 23.5 Å². The van der Waals surface area contributed by atoms with E-state index >= 15 is 0 Å². The number of aryl methyl sites for hydroxylation is 1. The minimum absolute atomic E-state index is 0.0412. The molecular formula is C45H49F6N4O14PS. The van der Waals surface area contributed by atoms with Gasteiger partial charge in [-0.25, -0.2) is 22.6 Å². The number of nitrogens with zero attached hydrogens (tertiary/aromatic N) is 3. The summed E-state index contributed by atoms with van der Waals surface area (Å²) >= 11 is 0. The normalized spacial score (nSPS) is 14.3. The van der Waals surface area contributed by atoms with E-state index in [-0.39, 0.29) is 41.9 Å². The molecule has 1 saturated carbocycles. The number of esters is 1. The number of methoxy groups -OCH3 is 1. The highest BCUT2D eigenvalue weighted by atomic mass is 32.2. The van der Waals surface area contributed by atoms with Gasteiger partial charge in [-0.05, 0) is 86.7 Å². The van der Waals surface area contributed by atoms with Crippen molar-refractivity contribution in [2.45, 2.75) is 81.4 Å². The number of aromatic nitrogens is 3. The Kier molecular flexibility index (Phi) is 18.6. The number of carbonyl (C=O) groups is 3. The van der Waals surface area contributed by atoms with Crippen LogP contribution in [-0.4, -0.2) is 88.8 Å². The van der Waals surface area contributed by atoms with Crippen LogP contribution >= 0.6 is 7.37 Å². The number of hydrogen-bond acceptors (Lipinski definition) is 14. The van der Waals surface area contributed by atoms with Crippen molar-refractivity contribution in [2.24, 2.45) is 12.8 Å².